The summed E-state index contributed by atoms with van der Waals surface area (Å²) in [6.45, 7) is 5.66. The van der Waals surface area contributed by atoms with Crippen molar-refractivity contribution in [1.82, 2.24) is 10.2 Å². The normalized spacial score (nSPS) is 20.5. The first-order chi connectivity index (χ1) is 10.2. The summed E-state index contributed by atoms with van der Waals surface area (Å²) in [5, 5.41) is 3.31. The molecular weight excluding hydrogens is 263 g/mol. The van der Waals surface area contributed by atoms with Gasteiger partial charge in [0.2, 0.25) is 0 Å². The summed E-state index contributed by atoms with van der Waals surface area (Å²) in [5.41, 5.74) is 0.791. The van der Waals surface area contributed by atoms with Gasteiger partial charge in [-0.2, -0.15) is 0 Å². The van der Waals surface area contributed by atoms with Crippen molar-refractivity contribution in [3.05, 3.63) is 35.6 Å². The van der Waals surface area contributed by atoms with Crippen LogP contribution in [0.25, 0.3) is 0 Å². The molecule has 0 amide bonds. The van der Waals surface area contributed by atoms with E-state index >= 15 is 0 Å². The molecule has 1 heterocycles. The van der Waals surface area contributed by atoms with Gasteiger partial charge in [-0.25, -0.2) is 4.39 Å². The maximum Gasteiger partial charge on any atom is 0.127 e. The van der Waals surface area contributed by atoms with Gasteiger partial charge in [0.1, 0.15) is 5.82 Å². The predicted octanol–water partition coefficient (Wildman–Crippen LogP) is 3.99. The first kappa shape index (κ1) is 16.4. The van der Waals surface area contributed by atoms with Gasteiger partial charge in [-0.15, -0.1) is 0 Å². The number of likely N-dealkylation sites (tertiary alicyclic amines) is 1. The minimum Gasteiger partial charge on any atom is -0.313 e. The highest BCUT2D eigenvalue weighted by Gasteiger charge is 2.22. The Morgan fingerprint density at radius 1 is 1.10 bits per heavy atom. The van der Waals surface area contributed by atoms with Crippen LogP contribution in [0.3, 0.4) is 0 Å². The fourth-order valence-electron chi connectivity index (χ4n) is 3.48. The molecule has 2 rings (SSSR count). The lowest BCUT2D eigenvalue weighted by Gasteiger charge is -2.31. The summed E-state index contributed by atoms with van der Waals surface area (Å²) in [6, 6.07) is 7.22. The smallest absolute Gasteiger partial charge is 0.127 e. The van der Waals surface area contributed by atoms with E-state index in [2.05, 4.69) is 17.1 Å². The molecule has 0 aliphatic carbocycles. The highest BCUT2D eigenvalue weighted by molar-refractivity contribution is 5.21. The summed E-state index contributed by atoms with van der Waals surface area (Å²) in [4.78, 5) is 2.56. The molecule has 0 aromatic heterocycles. The fourth-order valence-corrected chi connectivity index (χ4v) is 3.48. The van der Waals surface area contributed by atoms with Crippen molar-refractivity contribution in [3.8, 4) is 0 Å². The first-order valence-corrected chi connectivity index (χ1v) is 8.36. The Hall–Kier alpha value is -0.930. The van der Waals surface area contributed by atoms with Crippen LogP contribution in [0.15, 0.2) is 24.3 Å². The summed E-state index contributed by atoms with van der Waals surface area (Å²) >= 11 is 0. The van der Waals surface area contributed by atoms with Crippen LogP contribution in [-0.2, 0) is 0 Å². The molecule has 2 unspecified atom stereocenters. The summed E-state index contributed by atoms with van der Waals surface area (Å²) < 4.78 is 14.0. The summed E-state index contributed by atoms with van der Waals surface area (Å²) in [7, 11) is 1.93. The molecule has 1 aliphatic heterocycles. The third-order valence-corrected chi connectivity index (χ3v) is 4.62. The lowest BCUT2D eigenvalue weighted by molar-refractivity contribution is 0.196. The topological polar surface area (TPSA) is 15.3 Å². The van der Waals surface area contributed by atoms with E-state index in [0.717, 1.165) is 12.1 Å². The second-order valence-electron chi connectivity index (χ2n) is 6.33. The van der Waals surface area contributed by atoms with Crippen LogP contribution in [0.2, 0.25) is 0 Å². The van der Waals surface area contributed by atoms with E-state index in [1.807, 2.05) is 19.2 Å². The lowest BCUT2D eigenvalue weighted by Crippen LogP contribution is -2.36. The van der Waals surface area contributed by atoms with Crippen molar-refractivity contribution in [3.63, 3.8) is 0 Å². The summed E-state index contributed by atoms with van der Waals surface area (Å²) in [6.07, 6.45) is 6.70. The molecule has 3 heteroatoms. The number of benzene rings is 1. The molecule has 118 valence electrons. The second-order valence-corrected chi connectivity index (χ2v) is 6.33. The Kier molecular flexibility index (Phi) is 6.65. The van der Waals surface area contributed by atoms with Crippen molar-refractivity contribution in [2.75, 3.05) is 26.7 Å². The Labute approximate surface area is 128 Å². The van der Waals surface area contributed by atoms with E-state index in [4.69, 9.17) is 0 Å². The third-order valence-electron chi connectivity index (χ3n) is 4.62. The number of rotatable bonds is 5. The van der Waals surface area contributed by atoms with E-state index in [0.29, 0.717) is 5.92 Å². The second kappa shape index (κ2) is 8.50. The highest BCUT2D eigenvalue weighted by Crippen LogP contribution is 2.25. The van der Waals surface area contributed by atoms with Crippen molar-refractivity contribution in [1.29, 1.82) is 0 Å². The number of nitrogens with one attached hydrogen (secondary N) is 1. The number of halogens is 1. The molecule has 1 aromatic carbocycles. The van der Waals surface area contributed by atoms with E-state index < -0.39 is 0 Å². The average molecular weight is 292 g/mol. The molecule has 1 fully saturated rings. The van der Waals surface area contributed by atoms with Crippen LogP contribution in [0.1, 0.15) is 50.6 Å². The van der Waals surface area contributed by atoms with Gasteiger partial charge in [0.25, 0.3) is 0 Å². The molecule has 21 heavy (non-hydrogen) atoms. The largest absolute Gasteiger partial charge is 0.313 e. The van der Waals surface area contributed by atoms with Gasteiger partial charge in [0, 0.05) is 18.2 Å². The van der Waals surface area contributed by atoms with Gasteiger partial charge < -0.3 is 10.2 Å². The maximum absolute atomic E-state index is 14.0. The molecule has 1 saturated heterocycles. The van der Waals surface area contributed by atoms with Gasteiger partial charge in [0.05, 0.1) is 0 Å². The summed E-state index contributed by atoms with van der Waals surface area (Å²) in [5.74, 6) is 0.294. The lowest BCUT2D eigenvalue weighted by atomic mass is 9.93. The Morgan fingerprint density at radius 3 is 2.33 bits per heavy atom. The number of nitrogens with zero attached hydrogens (tertiary/aromatic N) is 1. The first-order valence-electron chi connectivity index (χ1n) is 8.36. The molecule has 0 spiro atoms. The van der Waals surface area contributed by atoms with Crippen LogP contribution in [0, 0.1) is 11.7 Å². The SMILES string of the molecule is CNC(c1ccccc1F)C(C)CN1CCCCCCC1. The van der Waals surface area contributed by atoms with Crippen molar-refractivity contribution >= 4 is 0 Å². The predicted molar refractivity (Wildman–Crippen MR) is 86.9 cm³/mol. The molecule has 0 bridgehead atoms. The van der Waals surface area contributed by atoms with Gasteiger partial charge in [-0.1, -0.05) is 44.4 Å². The molecule has 0 saturated carbocycles. The van der Waals surface area contributed by atoms with Crippen LogP contribution in [0.5, 0.6) is 0 Å². The highest BCUT2D eigenvalue weighted by atomic mass is 19.1. The van der Waals surface area contributed by atoms with Gasteiger partial charge in [-0.05, 0) is 45.0 Å². The molecule has 0 radical (unpaired) electrons. The third kappa shape index (κ3) is 4.79. The maximum atomic E-state index is 14.0. The zero-order valence-electron chi connectivity index (χ0n) is 13.4. The van der Waals surface area contributed by atoms with Gasteiger partial charge in [-0.3, -0.25) is 0 Å². The molecule has 1 N–H and O–H groups in total. The molecule has 1 aromatic rings. The van der Waals surface area contributed by atoms with Gasteiger partial charge >= 0.3 is 0 Å². The van der Waals surface area contributed by atoms with Crippen molar-refractivity contribution in [2.24, 2.45) is 5.92 Å². The van der Waals surface area contributed by atoms with Crippen LogP contribution < -0.4 is 5.32 Å². The zero-order chi connectivity index (χ0) is 15.1. The van der Waals surface area contributed by atoms with E-state index in [9.17, 15) is 4.39 Å². The molecular formula is C18H29FN2. The quantitative estimate of drug-likeness (QED) is 0.883. The van der Waals surface area contributed by atoms with E-state index in [1.54, 1.807) is 12.1 Å². The number of hydrogen-bond donors (Lipinski definition) is 1. The average Bonchev–Trinajstić information content (AvgIpc) is 2.44. The van der Waals surface area contributed by atoms with Crippen LogP contribution in [0.4, 0.5) is 4.39 Å². The fraction of sp³-hybridized carbons (Fsp3) is 0.667. The van der Waals surface area contributed by atoms with E-state index in [1.165, 1.54) is 45.2 Å². The zero-order valence-corrected chi connectivity index (χ0v) is 13.4. The van der Waals surface area contributed by atoms with Crippen molar-refractivity contribution in [2.45, 2.75) is 45.1 Å². The molecule has 2 atom stereocenters. The minimum atomic E-state index is -0.101. The van der Waals surface area contributed by atoms with Crippen LogP contribution in [-0.4, -0.2) is 31.6 Å². The van der Waals surface area contributed by atoms with E-state index in [-0.39, 0.29) is 11.9 Å². The Balaban J connectivity index is 1.99. The van der Waals surface area contributed by atoms with Crippen LogP contribution >= 0.6 is 0 Å². The monoisotopic (exact) mass is 292 g/mol. The molecule has 2 nitrogen and oxygen atoms in total. The van der Waals surface area contributed by atoms with Crippen molar-refractivity contribution < 1.29 is 4.39 Å². The minimum absolute atomic E-state index is 0.0802. The Bertz CT molecular complexity index is 413. The molecule has 1 aliphatic rings. The Morgan fingerprint density at radius 2 is 1.71 bits per heavy atom. The number of hydrogen-bond acceptors (Lipinski definition) is 2. The standard InChI is InChI=1S/C18H29FN2/c1-15(14-21-12-8-4-3-5-9-13-21)18(20-2)16-10-6-7-11-17(16)19/h6-7,10-11,15,18,20H,3-5,8-9,12-14H2,1-2H3. The van der Waals surface area contributed by atoms with Gasteiger partial charge in [0.15, 0.2) is 0 Å².